The first-order valence-corrected chi connectivity index (χ1v) is 8.58. The van der Waals surface area contributed by atoms with Crippen LogP contribution in [0, 0.1) is 13.8 Å². The van der Waals surface area contributed by atoms with Crippen molar-refractivity contribution in [3.8, 4) is 0 Å². The Kier molecular flexibility index (Phi) is 6.52. The number of carbonyl (C=O) groups excluding carboxylic acids is 1. The molecule has 122 valence electrons. The van der Waals surface area contributed by atoms with Crippen LogP contribution in [0.5, 0.6) is 0 Å². The van der Waals surface area contributed by atoms with Crippen LogP contribution in [0.2, 0.25) is 0 Å². The minimum atomic E-state index is -0.211. The van der Waals surface area contributed by atoms with Crippen molar-refractivity contribution in [3.05, 3.63) is 47.5 Å². The van der Waals surface area contributed by atoms with Crippen LogP contribution in [-0.4, -0.2) is 32.7 Å². The zero-order valence-corrected chi connectivity index (χ0v) is 14.6. The normalized spacial score (nSPS) is 12.0. The van der Waals surface area contributed by atoms with Gasteiger partial charge in [0.2, 0.25) is 5.91 Å². The van der Waals surface area contributed by atoms with Gasteiger partial charge in [0.25, 0.3) is 0 Å². The van der Waals surface area contributed by atoms with Gasteiger partial charge in [-0.15, -0.1) is 0 Å². The van der Waals surface area contributed by atoms with E-state index in [1.165, 1.54) is 17.3 Å². The van der Waals surface area contributed by atoms with E-state index in [-0.39, 0.29) is 11.2 Å². The van der Waals surface area contributed by atoms with Crippen molar-refractivity contribution >= 4 is 17.7 Å². The molecule has 1 amide bonds. The minimum Gasteiger partial charge on any atom is -0.355 e. The van der Waals surface area contributed by atoms with Crippen LogP contribution in [0.25, 0.3) is 0 Å². The van der Waals surface area contributed by atoms with Gasteiger partial charge in [0.1, 0.15) is 0 Å². The van der Waals surface area contributed by atoms with E-state index in [0.29, 0.717) is 11.7 Å². The Hall–Kier alpha value is -1.95. The molecule has 0 aliphatic carbocycles. The fourth-order valence-corrected chi connectivity index (χ4v) is 3.06. The van der Waals surface area contributed by atoms with Crippen molar-refractivity contribution < 1.29 is 4.79 Å². The monoisotopic (exact) mass is 330 g/mol. The first-order valence-electron chi connectivity index (χ1n) is 7.70. The lowest BCUT2D eigenvalue weighted by Crippen LogP contribution is -2.32. The molecule has 2 aromatic heterocycles. The van der Waals surface area contributed by atoms with Gasteiger partial charge < -0.3 is 5.32 Å². The second-order valence-corrected chi connectivity index (χ2v) is 6.75. The Bertz CT molecular complexity index is 628. The third-order valence-electron chi connectivity index (χ3n) is 3.30. The minimum absolute atomic E-state index is 0.0208. The second kappa shape index (κ2) is 8.62. The molecule has 0 fully saturated rings. The lowest BCUT2D eigenvalue weighted by molar-refractivity contribution is -0.120. The van der Waals surface area contributed by atoms with Gasteiger partial charge in [-0.1, -0.05) is 11.8 Å². The zero-order valence-electron chi connectivity index (χ0n) is 13.7. The number of nitrogens with one attached hydrogen (secondary N) is 1. The average Bonchev–Trinajstić information content (AvgIpc) is 2.51. The summed E-state index contributed by atoms with van der Waals surface area (Å²) in [5.41, 5.74) is 3.08. The predicted molar refractivity (Wildman–Crippen MR) is 92.4 cm³/mol. The Balaban J connectivity index is 1.74. The molecule has 0 unspecified atom stereocenters. The lowest BCUT2D eigenvalue weighted by Gasteiger charge is -2.11. The maximum atomic E-state index is 12.1. The first-order chi connectivity index (χ1) is 11.0. The second-order valence-electron chi connectivity index (χ2n) is 5.44. The van der Waals surface area contributed by atoms with E-state index in [2.05, 4.69) is 20.3 Å². The van der Waals surface area contributed by atoms with Crippen molar-refractivity contribution in [2.24, 2.45) is 0 Å². The summed E-state index contributed by atoms with van der Waals surface area (Å²) >= 11 is 1.39. The van der Waals surface area contributed by atoms with E-state index in [9.17, 15) is 4.79 Å². The lowest BCUT2D eigenvalue weighted by atomic mass is 10.1. The Morgan fingerprint density at radius 1 is 1.22 bits per heavy atom. The molecule has 6 heteroatoms. The van der Waals surface area contributed by atoms with E-state index >= 15 is 0 Å². The number of pyridine rings is 1. The van der Waals surface area contributed by atoms with Gasteiger partial charge in [-0.3, -0.25) is 9.78 Å². The number of carbonyl (C=O) groups is 1. The zero-order chi connectivity index (χ0) is 16.7. The molecule has 0 radical (unpaired) electrons. The highest BCUT2D eigenvalue weighted by Gasteiger charge is 2.15. The molecule has 1 atom stereocenters. The summed E-state index contributed by atoms with van der Waals surface area (Å²) in [6, 6.07) is 5.92. The largest absolute Gasteiger partial charge is 0.355 e. The number of amides is 1. The van der Waals surface area contributed by atoms with Crippen LogP contribution in [-0.2, 0) is 11.2 Å². The first kappa shape index (κ1) is 17.4. The number of rotatable bonds is 7. The fraction of sp³-hybridized carbons (Fsp3) is 0.412. The molecule has 0 saturated heterocycles. The van der Waals surface area contributed by atoms with E-state index in [4.69, 9.17) is 0 Å². The summed E-state index contributed by atoms with van der Waals surface area (Å²) in [6.45, 7) is 6.41. The maximum absolute atomic E-state index is 12.1. The van der Waals surface area contributed by atoms with Gasteiger partial charge in [0.05, 0.1) is 5.25 Å². The van der Waals surface area contributed by atoms with Gasteiger partial charge >= 0.3 is 0 Å². The summed E-state index contributed by atoms with van der Waals surface area (Å²) in [4.78, 5) is 24.8. The Morgan fingerprint density at radius 2 is 1.87 bits per heavy atom. The van der Waals surface area contributed by atoms with E-state index < -0.39 is 0 Å². The van der Waals surface area contributed by atoms with Gasteiger partial charge in [0.15, 0.2) is 5.16 Å². The topological polar surface area (TPSA) is 67.8 Å². The number of thioether (sulfide) groups is 1. The van der Waals surface area contributed by atoms with Crippen LogP contribution in [0.1, 0.15) is 30.3 Å². The van der Waals surface area contributed by atoms with Crippen LogP contribution < -0.4 is 5.32 Å². The van der Waals surface area contributed by atoms with Crippen molar-refractivity contribution in [2.45, 2.75) is 44.0 Å². The van der Waals surface area contributed by atoms with Crippen LogP contribution in [0.4, 0.5) is 0 Å². The maximum Gasteiger partial charge on any atom is 0.233 e. The molecule has 1 N–H and O–H groups in total. The van der Waals surface area contributed by atoms with E-state index in [1.807, 2.05) is 39.0 Å². The van der Waals surface area contributed by atoms with Crippen molar-refractivity contribution in [1.29, 1.82) is 0 Å². The summed E-state index contributed by atoms with van der Waals surface area (Å²) in [5.74, 6) is 0.0208. The number of aromatic nitrogens is 3. The molecule has 0 bridgehead atoms. The van der Waals surface area contributed by atoms with Gasteiger partial charge in [0, 0.05) is 30.3 Å². The highest BCUT2D eigenvalue weighted by molar-refractivity contribution is 8.00. The third kappa shape index (κ3) is 5.98. The highest BCUT2D eigenvalue weighted by atomic mass is 32.2. The molecule has 0 spiro atoms. The summed E-state index contributed by atoms with van der Waals surface area (Å²) in [5, 5.41) is 3.41. The average molecular weight is 330 g/mol. The SMILES string of the molecule is Cc1cc(C)nc(S[C@H](C)C(=O)NCCCc2ccncc2)n1. The molecule has 2 rings (SSSR count). The van der Waals surface area contributed by atoms with Gasteiger partial charge in [-0.25, -0.2) is 9.97 Å². The number of aryl methyl sites for hydroxylation is 3. The molecular formula is C17H22N4OS. The van der Waals surface area contributed by atoms with Crippen molar-refractivity contribution in [1.82, 2.24) is 20.3 Å². The van der Waals surface area contributed by atoms with Crippen molar-refractivity contribution in [3.63, 3.8) is 0 Å². The van der Waals surface area contributed by atoms with Gasteiger partial charge in [-0.05, 0) is 57.4 Å². The molecule has 0 saturated carbocycles. The molecule has 23 heavy (non-hydrogen) atoms. The summed E-state index contributed by atoms with van der Waals surface area (Å²) in [6.07, 6.45) is 5.42. The van der Waals surface area contributed by atoms with Gasteiger partial charge in [-0.2, -0.15) is 0 Å². The number of nitrogens with zero attached hydrogens (tertiary/aromatic N) is 3. The third-order valence-corrected chi connectivity index (χ3v) is 4.27. The molecule has 0 aliphatic heterocycles. The van der Waals surface area contributed by atoms with E-state index in [1.54, 1.807) is 12.4 Å². The predicted octanol–water partition coefficient (Wildman–Crippen LogP) is 2.72. The molecule has 0 aliphatic rings. The Labute approximate surface area is 141 Å². The summed E-state index contributed by atoms with van der Waals surface area (Å²) in [7, 11) is 0. The highest BCUT2D eigenvalue weighted by Crippen LogP contribution is 2.20. The van der Waals surface area contributed by atoms with Crippen LogP contribution in [0.3, 0.4) is 0 Å². The molecule has 5 nitrogen and oxygen atoms in total. The molecular weight excluding hydrogens is 308 g/mol. The standard InChI is InChI=1S/C17H22N4OS/c1-12-11-13(2)21-17(20-12)23-14(3)16(22)19-8-4-5-15-6-9-18-10-7-15/h6-7,9-11,14H,4-5,8H2,1-3H3,(H,19,22)/t14-/m1/s1. The molecule has 2 aromatic rings. The van der Waals surface area contributed by atoms with Crippen LogP contribution in [0.15, 0.2) is 35.7 Å². The molecule has 0 aromatic carbocycles. The number of hydrogen-bond donors (Lipinski definition) is 1. The Morgan fingerprint density at radius 3 is 2.52 bits per heavy atom. The van der Waals surface area contributed by atoms with E-state index in [0.717, 1.165) is 24.2 Å². The van der Waals surface area contributed by atoms with Crippen molar-refractivity contribution in [2.75, 3.05) is 6.54 Å². The van der Waals surface area contributed by atoms with Crippen LogP contribution >= 0.6 is 11.8 Å². The number of hydrogen-bond acceptors (Lipinski definition) is 5. The fourth-order valence-electron chi connectivity index (χ4n) is 2.16. The smallest absolute Gasteiger partial charge is 0.233 e. The quantitative estimate of drug-likeness (QED) is 0.480. The molecule has 2 heterocycles. The summed E-state index contributed by atoms with van der Waals surface area (Å²) < 4.78 is 0.